The number of benzene rings is 1. The Morgan fingerprint density at radius 3 is 2.63 bits per heavy atom. The fraction of sp³-hybridized carbons (Fsp3) is 0.407. The number of fused-ring (bicyclic) bond motifs is 1. The number of halogens is 2. The van der Waals surface area contributed by atoms with Crippen LogP contribution in [0.1, 0.15) is 44.9 Å². The third-order valence-corrected chi connectivity index (χ3v) is 7.33. The van der Waals surface area contributed by atoms with Crippen LogP contribution in [0.5, 0.6) is 11.5 Å². The number of ether oxygens (including phenoxy) is 3. The van der Waals surface area contributed by atoms with Crippen molar-refractivity contribution in [3.63, 3.8) is 0 Å². The Morgan fingerprint density at radius 1 is 1.24 bits per heavy atom. The van der Waals surface area contributed by atoms with Gasteiger partial charge >= 0.3 is 18.3 Å². The van der Waals surface area contributed by atoms with E-state index in [1.807, 2.05) is 0 Å². The zero-order chi connectivity index (χ0) is 29.9. The van der Waals surface area contributed by atoms with Crippen molar-refractivity contribution < 1.29 is 42.5 Å². The van der Waals surface area contributed by atoms with Gasteiger partial charge in [0.05, 0.1) is 12.6 Å². The maximum atomic E-state index is 13.4. The molecule has 1 spiro atoms. The Balaban J connectivity index is 1.33. The highest BCUT2D eigenvalue weighted by molar-refractivity contribution is 6.23. The summed E-state index contributed by atoms with van der Waals surface area (Å²) in [6, 6.07) is 3.77. The predicted octanol–water partition coefficient (Wildman–Crippen LogP) is 2.50. The molecule has 218 valence electrons. The molecule has 41 heavy (non-hydrogen) atoms. The number of alkyl halides is 2. The molecular weight excluding hydrogens is 544 g/mol. The second kappa shape index (κ2) is 9.66. The molecule has 0 radical (unpaired) electrons. The minimum atomic E-state index is -3.79. The molecule has 0 bridgehead atoms. The molecule has 1 fully saturated rings. The van der Waals surface area contributed by atoms with Gasteiger partial charge in [0.15, 0.2) is 17.5 Å². The Kier molecular flexibility index (Phi) is 6.65. The summed E-state index contributed by atoms with van der Waals surface area (Å²) in [4.78, 5) is 44.6. The molecule has 5 atom stereocenters. The molecule has 5 rings (SSSR count). The number of nitrogens with one attached hydrogen (secondary N) is 2. The lowest BCUT2D eigenvalue weighted by Gasteiger charge is -2.45. The minimum Gasteiger partial charge on any atom is -0.464 e. The number of hydrogen-bond acceptors (Lipinski definition) is 10. The number of carbonyl (C=O) groups is 3. The average molecular weight is 574 g/mol. The van der Waals surface area contributed by atoms with Crippen molar-refractivity contribution >= 4 is 29.3 Å². The van der Waals surface area contributed by atoms with Crippen LogP contribution in [0.25, 0.3) is 5.57 Å². The molecule has 5 unspecified atom stereocenters. The number of rotatable bonds is 8. The van der Waals surface area contributed by atoms with Gasteiger partial charge in [0.1, 0.15) is 17.0 Å². The van der Waals surface area contributed by atoms with E-state index < -0.39 is 53.5 Å². The van der Waals surface area contributed by atoms with Crippen molar-refractivity contribution in [1.82, 2.24) is 15.2 Å². The molecule has 3 heterocycles. The summed E-state index contributed by atoms with van der Waals surface area (Å²) >= 11 is 0. The van der Waals surface area contributed by atoms with E-state index in [1.165, 1.54) is 31.3 Å². The third kappa shape index (κ3) is 4.82. The number of likely N-dealkylation sites (tertiary alicyclic amines) is 1. The number of nitrogens with zero attached hydrogens (tertiary/aromatic N) is 2. The first-order valence-electron chi connectivity index (χ1n) is 12.9. The van der Waals surface area contributed by atoms with Gasteiger partial charge in [0.25, 0.3) is 0 Å². The van der Waals surface area contributed by atoms with E-state index in [0.717, 1.165) is 4.90 Å². The number of β-lactam (4-membered cyclic amide) rings is 1. The highest BCUT2D eigenvalue weighted by Crippen LogP contribution is 2.62. The van der Waals surface area contributed by atoms with Crippen LogP contribution in [-0.2, 0) is 14.3 Å². The Morgan fingerprint density at radius 2 is 1.95 bits per heavy atom. The van der Waals surface area contributed by atoms with E-state index in [-0.39, 0.29) is 23.9 Å². The number of hydrogen-bond donors (Lipinski definition) is 4. The fourth-order valence-electron chi connectivity index (χ4n) is 4.82. The van der Waals surface area contributed by atoms with E-state index in [2.05, 4.69) is 25.1 Å². The van der Waals surface area contributed by atoms with Gasteiger partial charge in [-0.15, -0.1) is 8.78 Å². The lowest BCUT2D eigenvalue weighted by Crippen LogP contribution is -2.71. The van der Waals surface area contributed by atoms with Gasteiger partial charge in [-0.05, 0) is 68.7 Å². The van der Waals surface area contributed by atoms with Crippen LogP contribution in [0.4, 0.5) is 19.4 Å². The Hall–Kier alpha value is -4.30. The van der Waals surface area contributed by atoms with Gasteiger partial charge in [0, 0.05) is 12.2 Å². The van der Waals surface area contributed by atoms with Crippen LogP contribution in [0.3, 0.4) is 0 Å². The lowest BCUT2D eigenvalue weighted by molar-refractivity contribution is -0.286. The number of aliphatic hydroxyl groups is 1. The average Bonchev–Trinajstić information content (AvgIpc) is 3.58. The van der Waals surface area contributed by atoms with Gasteiger partial charge in [-0.2, -0.15) is 0 Å². The number of imide groups is 1. The van der Waals surface area contributed by atoms with Crippen molar-refractivity contribution in [2.45, 2.75) is 57.8 Å². The maximum absolute atomic E-state index is 13.4. The predicted molar refractivity (Wildman–Crippen MR) is 139 cm³/mol. The summed E-state index contributed by atoms with van der Waals surface area (Å²) in [7, 11) is 0. The summed E-state index contributed by atoms with van der Waals surface area (Å²) in [5.41, 5.74) is 4.43. The molecule has 1 aliphatic carbocycles. The zero-order valence-electron chi connectivity index (χ0n) is 22.6. The summed E-state index contributed by atoms with van der Waals surface area (Å²) in [5.74, 6) is -1.45. The van der Waals surface area contributed by atoms with Crippen molar-refractivity contribution in [1.29, 1.82) is 0 Å². The SMILES string of the molecule is CCOC(=O)C1N(C(=O)NC(C)c2ccc3c(c2)OC(F)(F)O3)C(=O)C12C=C2c1ccnc(NC(C)(O)C(C)N)c1. The highest BCUT2D eigenvalue weighted by Gasteiger charge is 2.73. The molecule has 5 N–H and O–H groups in total. The molecular formula is C27H29F2N5O7. The number of esters is 1. The second-order valence-corrected chi connectivity index (χ2v) is 10.3. The Labute approximate surface area is 233 Å². The van der Waals surface area contributed by atoms with E-state index in [4.69, 9.17) is 10.5 Å². The molecule has 1 saturated heterocycles. The molecule has 2 aliphatic heterocycles. The molecule has 1 aromatic carbocycles. The topological polar surface area (TPSA) is 165 Å². The number of nitrogens with two attached hydrogens (primary N) is 1. The number of urea groups is 1. The minimum absolute atomic E-state index is 0.0261. The van der Waals surface area contributed by atoms with Crippen LogP contribution in [0.15, 0.2) is 42.6 Å². The van der Waals surface area contributed by atoms with E-state index in [1.54, 1.807) is 39.0 Å². The molecule has 1 aromatic heterocycles. The highest BCUT2D eigenvalue weighted by atomic mass is 19.3. The normalized spacial score (nSPS) is 24.5. The van der Waals surface area contributed by atoms with E-state index in [0.29, 0.717) is 16.7 Å². The lowest BCUT2D eigenvalue weighted by atomic mass is 9.77. The quantitative estimate of drug-likeness (QED) is 0.209. The van der Waals surface area contributed by atoms with E-state index in [9.17, 15) is 28.3 Å². The van der Waals surface area contributed by atoms with Gasteiger partial charge in [-0.1, -0.05) is 12.1 Å². The van der Waals surface area contributed by atoms with Crippen molar-refractivity contribution in [3.05, 3.63) is 53.7 Å². The molecule has 14 heteroatoms. The molecule has 2 aromatic rings. The van der Waals surface area contributed by atoms with Crippen molar-refractivity contribution in [2.24, 2.45) is 11.1 Å². The van der Waals surface area contributed by atoms with Crippen LogP contribution in [0.2, 0.25) is 0 Å². The van der Waals surface area contributed by atoms with Crippen LogP contribution >= 0.6 is 0 Å². The monoisotopic (exact) mass is 573 g/mol. The van der Waals surface area contributed by atoms with E-state index >= 15 is 0 Å². The van der Waals surface area contributed by atoms with Crippen molar-refractivity contribution in [2.75, 3.05) is 11.9 Å². The zero-order valence-corrected chi connectivity index (χ0v) is 22.6. The van der Waals surface area contributed by atoms with Crippen LogP contribution < -0.4 is 25.8 Å². The van der Waals surface area contributed by atoms with Gasteiger partial charge < -0.3 is 35.7 Å². The molecule has 3 aliphatic rings. The number of amides is 3. The number of carbonyl (C=O) groups excluding carboxylic acids is 3. The van der Waals surface area contributed by atoms with Gasteiger partial charge in [0.2, 0.25) is 5.91 Å². The van der Waals surface area contributed by atoms with Gasteiger partial charge in [-0.25, -0.2) is 19.5 Å². The number of anilines is 1. The van der Waals surface area contributed by atoms with Gasteiger partial charge in [-0.3, -0.25) is 4.79 Å². The summed E-state index contributed by atoms with van der Waals surface area (Å²) in [5, 5.41) is 15.9. The molecule has 3 amide bonds. The molecule has 0 saturated carbocycles. The maximum Gasteiger partial charge on any atom is 0.586 e. The first-order valence-corrected chi connectivity index (χ1v) is 12.9. The van der Waals surface area contributed by atoms with Crippen LogP contribution in [0, 0.1) is 5.41 Å². The van der Waals surface area contributed by atoms with Crippen LogP contribution in [-0.4, -0.2) is 63.6 Å². The summed E-state index contributed by atoms with van der Waals surface area (Å²) < 4.78 is 40.8. The first-order chi connectivity index (χ1) is 19.2. The third-order valence-electron chi connectivity index (χ3n) is 7.33. The smallest absolute Gasteiger partial charge is 0.464 e. The number of aromatic nitrogens is 1. The summed E-state index contributed by atoms with van der Waals surface area (Å²) in [6.07, 6.45) is -0.734. The molecule has 12 nitrogen and oxygen atoms in total. The fourth-order valence-corrected chi connectivity index (χ4v) is 4.82. The first kappa shape index (κ1) is 28.2. The second-order valence-electron chi connectivity index (χ2n) is 10.3. The standard InChI is InChI=1S/C27H29F2N5O7/c1-5-39-22(35)21-26(12-17(26)16-8-9-31-20(11-16)33-25(4,38)14(3)30)23(36)34(21)24(37)32-13(2)15-6-7-18-19(10-15)41-27(28,29)40-18/h6-14,21,38H,5,30H2,1-4H3,(H,31,33)(H,32,37). The largest absolute Gasteiger partial charge is 0.586 e. The number of pyridine rings is 1. The van der Waals surface area contributed by atoms with Crippen molar-refractivity contribution in [3.8, 4) is 11.5 Å². The Bertz CT molecular complexity index is 1460. The summed E-state index contributed by atoms with van der Waals surface area (Å²) in [6.45, 7) is 6.33.